The van der Waals surface area contributed by atoms with Crippen molar-refractivity contribution in [3.05, 3.63) is 90.0 Å². The number of aromatic nitrogens is 3. The minimum Gasteiger partial charge on any atom is -0.303 e. The molecule has 1 N–H and O–H groups in total. The van der Waals surface area contributed by atoms with Gasteiger partial charge in [-0.05, 0) is 66.9 Å². The molecule has 0 bridgehead atoms. The number of thioether (sulfide) groups is 1. The van der Waals surface area contributed by atoms with Gasteiger partial charge in [0.15, 0.2) is 11.0 Å². The topological polar surface area (TPSA) is 92.5 Å². The van der Waals surface area contributed by atoms with E-state index in [-0.39, 0.29) is 22.5 Å². The lowest BCUT2D eigenvalue weighted by Gasteiger charge is -2.20. The van der Waals surface area contributed by atoms with Crippen LogP contribution in [0.4, 0.5) is 20.6 Å². The number of halogens is 1. The highest BCUT2D eigenvalue weighted by Gasteiger charge is 2.32. The Balaban J connectivity index is 1.34. The lowest BCUT2D eigenvalue weighted by molar-refractivity contribution is -0.115. The minimum absolute atomic E-state index is 0.0377. The largest absolute Gasteiger partial charge is 0.347 e. The van der Waals surface area contributed by atoms with Crippen LogP contribution in [0.15, 0.2) is 72.0 Å². The number of amides is 3. The Labute approximate surface area is 223 Å². The second-order valence-corrected chi connectivity index (χ2v) is 9.63. The smallest absolute Gasteiger partial charge is 0.303 e. The van der Waals surface area contributed by atoms with Crippen LogP contribution in [-0.4, -0.2) is 37.6 Å². The first kappa shape index (κ1) is 25.3. The predicted molar refractivity (Wildman–Crippen MR) is 147 cm³/mol. The highest BCUT2D eigenvalue weighted by atomic mass is 32.2. The van der Waals surface area contributed by atoms with Crippen molar-refractivity contribution in [3.8, 4) is 17.1 Å². The quantitative estimate of drug-likeness (QED) is 0.342. The van der Waals surface area contributed by atoms with Crippen molar-refractivity contribution in [2.75, 3.05) is 16.0 Å². The second kappa shape index (κ2) is 11.0. The van der Waals surface area contributed by atoms with E-state index in [0.717, 1.165) is 35.3 Å². The summed E-state index contributed by atoms with van der Waals surface area (Å²) in [6.45, 7) is 4.01. The number of hydrogen-bond donors (Lipinski definition) is 1. The van der Waals surface area contributed by atoms with Crippen LogP contribution in [0, 0.1) is 18.8 Å². The first-order valence-corrected chi connectivity index (χ1v) is 13.0. The standard InChI is InChI=1S/C28H24FN6O2S/c1-3-7-19-11-10-18(2)14-24(19)35-25(36)16-38-28(35)32-27(37)31-23-13-12-20(15-22(23)29)26-30-17-34(33-26)21-8-5-4-6-9-21/h5-6,8-15,17H,3,7,16H2,1-2H3,(H,31,37)/b32-28-. The molecule has 191 valence electrons. The van der Waals surface area contributed by atoms with E-state index in [1.165, 1.54) is 28.8 Å². The normalized spacial score (nSPS) is 14.3. The molecule has 1 aromatic heterocycles. The third-order valence-electron chi connectivity index (χ3n) is 5.89. The second-order valence-electron chi connectivity index (χ2n) is 8.69. The Bertz CT molecular complexity index is 1540. The van der Waals surface area contributed by atoms with Crippen molar-refractivity contribution in [2.24, 2.45) is 4.99 Å². The molecular weight excluding hydrogens is 503 g/mol. The van der Waals surface area contributed by atoms with Gasteiger partial charge in [0, 0.05) is 5.56 Å². The van der Waals surface area contributed by atoms with E-state index in [0.29, 0.717) is 11.4 Å². The van der Waals surface area contributed by atoms with E-state index in [9.17, 15) is 14.0 Å². The van der Waals surface area contributed by atoms with E-state index in [2.05, 4.69) is 33.4 Å². The summed E-state index contributed by atoms with van der Waals surface area (Å²) in [6.07, 6.45) is 3.24. The van der Waals surface area contributed by atoms with E-state index in [4.69, 9.17) is 0 Å². The number of carbonyl (C=O) groups excluding carboxylic acids is 2. The van der Waals surface area contributed by atoms with E-state index in [1.54, 1.807) is 29.2 Å². The third-order valence-corrected chi connectivity index (χ3v) is 6.81. The zero-order valence-electron chi connectivity index (χ0n) is 20.8. The minimum atomic E-state index is -0.771. The fourth-order valence-electron chi connectivity index (χ4n) is 4.08. The van der Waals surface area contributed by atoms with Gasteiger partial charge in [-0.3, -0.25) is 9.69 Å². The molecule has 1 saturated heterocycles. The summed E-state index contributed by atoms with van der Waals surface area (Å²) in [4.78, 5) is 35.3. The maximum atomic E-state index is 14.9. The molecule has 1 radical (unpaired) electrons. The van der Waals surface area contributed by atoms with Gasteiger partial charge in [0.2, 0.25) is 5.91 Å². The molecule has 1 fully saturated rings. The Hall–Kier alpha value is -4.31. The molecule has 0 aliphatic carbocycles. The number of nitrogens with one attached hydrogen (secondary N) is 1. The van der Waals surface area contributed by atoms with Crippen molar-refractivity contribution < 1.29 is 14.0 Å². The Morgan fingerprint density at radius 3 is 2.76 bits per heavy atom. The molecule has 3 aromatic carbocycles. The molecule has 4 aromatic rings. The summed E-state index contributed by atoms with van der Waals surface area (Å²) in [5, 5.41) is 7.14. The van der Waals surface area contributed by atoms with Gasteiger partial charge in [0.25, 0.3) is 0 Å². The number of amidine groups is 1. The van der Waals surface area contributed by atoms with E-state index >= 15 is 0 Å². The summed E-state index contributed by atoms with van der Waals surface area (Å²) in [6, 6.07) is 19.6. The van der Waals surface area contributed by atoms with E-state index < -0.39 is 11.8 Å². The van der Waals surface area contributed by atoms with Gasteiger partial charge in [-0.2, -0.15) is 4.99 Å². The van der Waals surface area contributed by atoms with Gasteiger partial charge in [0.05, 0.1) is 22.8 Å². The summed E-state index contributed by atoms with van der Waals surface area (Å²) < 4.78 is 16.5. The molecule has 0 saturated carbocycles. The number of hydrogen-bond acceptors (Lipinski definition) is 5. The van der Waals surface area contributed by atoms with Crippen LogP contribution in [0.2, 0.25) is 0 Å². The van der Waals surface area contributed by atoms with Crippen LogP contribution >= 0.6 is 11.8 Å². The van der Waals surface area contributed by atoms with Crippen molar-refractivity contribution in [2.45, 2.75) is 26.7 Å². The average molecular weight is 528 g/mol. The lowest BCUT2D eigenvalue weighted by atomic mass is 10.0. The molecule has 2 heterocycles. The number of benzene rings is 3. The Kier molecular flexibility index (Phi) is 7.32. The average Bonchev–Trinajstić information content (AvgIpc) is 3.54. The molecule has 38 heavy (non-hydrogen) atoms. The molecule has 8 nitrogen and oxygen atoms in total. The zero-order chi connectivity index (χ0) is 26.6. The van der Waals surface area contributed by atoms with Crippen molar-refractivity contribution >= 4 is 40.2 Å². The van der Waals surface area contributed by atoms with Gasteiger partial charge in [-0.25, -0.2) is 18.9 Å². The molecule has 5 rings (SSSR count). The lowest BCUT2D eigenvalue weighted by Crippen LogP contribution is -2.31. The summed E-state index contributed by atoms with van der Waals surface area (Å²) in [5.74, 6) is -0.291. The molecule has 0 unspecified atom stereocenters. The maximum absolute atomic E-state index is 14.9. The first-order valence-electron chi connectivity index (χ1n) is 12.1. The van der Waals surface area contributed by atoms with E-state index in [1.807, 2.05) is 37.3 Å². The molecular formula is C28H24FN6O2S. The number of rotatable bonds is 6. The van der Waals surface area contributed by atoms with Gasteiger partial charge >= 0.3 is 6.03 Å². The fraction of sp³-hybridized carbons (Fsp3) is 0.179. The van der Waals surface area contributed by atoms with Crippen molar-refractivity contribution in [1.29, 1.82) is 0 Å². The van der Waals surface area contributed by atoms with Crippen LogP contribution in [0.25, 0.3) is 17.1 Å². The van der Waals surface area contributed by atoms with Crippen LogP contribution < -0.4 is 10.2 Å². The molecule has 1 aliphatic heterocycles. The third kappa shape index (κ3) is 5.35. The van der Waals surface area contributed by atoms with Gasteiger partial charge < -0.3 is 5.32 Å². The highest BCUT2D eigenvalue weighted by molar-refractivity contribution is 8.15. The first-order chi connectivity index (χ1) is 18.4. The number of aryl methyl sites for hydroxylation is 2. The van der Waals surface area contributed by atoms with Crippen LogP contribution in [0.5, 0.6) is 0 Å². The SMILES string of the molecule is CCCc1ccc(C)cc1N1C(=O)CS/C1=N\C(=O)Nc1ccc(-c2ncn(-c3cc[c]cc3)n2)cc1F. The molecule has 0 spiro atoms. The predicted octanol–water partition coefficient (Wildman–Crippen LogP) is 5.80. The maximum Gasteiger partial charge on any atom is 0.347 e. The molecule has 1 aliphatic rings. The number of carbonyl (C=O) groups is 2. The van der Waals surface area contributed by atoms with Gasteiger partial charge in [-0.1, -0.05) is 49.4 Å². The number of nitrogens with zero attached hydrogens (tertiary/aromatic N) is 5. The summed E-state index contributed by atoms with van der Waals surface area (Å²) in [7, 11) is 0. The molecule has 3 amide bonds. The van der Waals surface area contributed by atoms with Gasteiger partial charge in [0.1, 0.15) is 12.1 Å². The van der Waals surface area contributed by atoms with Gasteiger partial charge in [-0.15, -0.1) is 5.10 Å². The Morgan fingerprint density at radius 2 is 2.00 bits per heavy atom. The van der Waals surface area contributed by atoms with Crippen molar-refractivity contribution in [3.63, 3.8) is 0 Å². The fourth-order valence-corrected chi connectivity index (χ4v) is 4.94. The number of urea groups is 1. The molecule has 0 atom stereocenters. The summed E-state index contributed by atoms with van der Waals surface area (Å²) in [5.41, 5.74) is 3.95. The molecule has 10 heteroatoms. The highest BCUT2D eigenvalue weighted by Crippen LogP contribution is 2.31. The van der Waals surface area contributed by atoms with Crippen molar-refractivity contribution in [1.82, 2.24) is 14.8 Å². The van der Waals surface area contributed by atoms with Crippen LogP contribution in [0.3, 0.4) is 0 Å². The number of anilines is 2. The number of aliphatic imine (C=N–C) groups is 1. The van der Waals surface area contributed by atoms with Crippen LogP contribution in [0.1, 0.15) is 24.5 Å². The monoisotopic (exact) mass is 527 g/mol. The summed E-state index contributed by atoms with van der Waals surface area (Å²) >= 11 is 1.18. The van der Waals surface area contributed by atoms with Crippen LogP contribution in [-0.2, 0) is 11.2 Å². The Morgan fingerprint density at radius 1 is 1.18 bits per heavy atom. The zero-order valence-corrected chi connectivity index (χ0v) is 21.6.